The SMILES string of the molecule is Cc1ccc(NC(=O)[C@H](C)OC(=O)C[C@@H](NC(N)=O)c2ccccc2Cl)c(C)c1. The van der Waals surface area contributed by atoms with Gasteiger partial charge in [-0.05, 0) is 44.0 Å². The zero-order valence-electron chi connectivity index (χ0n) is 16.5. The van der Waals surface area contributed by atoms with E-state index in [1.807, 2.05) is 26.0 Å². The minimum atomic E-state index is -1.02. The molecule has 0 saturated heterocycles. The fourth-order valence-corrected chi connectivity index (χ4v) is 3.09. The van der Waals surface area contributed by atoms with Crippen LogP contribution in [-0.2, 0) is 14.3 Å². The maximum Gasteiger partial charge on any atom is 0.312 e. The van der Waals surface area contributed by atoms with Crippen LogP contribution in [0.1, 0.15) is 36.1 Å². The highest BCUT2D eigenvalue weighted by Crippen LogP contribution is 2.25. The van der Waals surface area contributed by atoms with Crippen LogP contribution in [0.4, 0.5) is 10.5 Å². The number of hydrogen-bond acceptors (Lipinski definition) is 4. The molecule has 29 heavy (non-hydrogen) atoms. The van der Waals surface area contributed by atoms with Crippen molar-refractivity contribution in [2.24, 2.45) is 5.73 Å². The maximum absolute atomic E-state index is 12.4. The lowest BCUT2D eigenvalue weighted by Gasteiger charge is -2.20. The maximum atomic E-state index is 12.4. The van der Waals surface area contributed by atoms with Crippen molar-refractivity contribution in [3.05, 3.63) is 64.2 Å². The van der Waals surface area contributed by atoms with Gasteiger partial charge in [0.2, 0.25) is 0 Å². The second-order valence-corrected chi connectivity index (χ2v) is 7.13. The standard InChI is InChI=1S/C21H24ClN3O4/c1-12-8-9-17(13(2)10-12)24-20(27)14(3)29-19(26)11-18(25-21(23)28)15-6-4-5-7-16(15)22/h4-10,14,18H,11H2,1-3H3,(H,24,27)(H3,23,25,28)/t14-,18+/m0/s1. The average Bonchev–Trinajstić information content (AvgIpc) is 2.63. The highest BCUT2D eigenvalue weighted by molar-refractivity contribution is 6.31. The lowest BCUT2D eigenvalue weighted by Crippen LogP contribution is -2.36. The second kappa shape index (κ2) is 9.93. The summed E-state index contributed by atoms with van der Waals surface area (Å²) < 4.78 is 5.24. The first-order chi connectivity index (χ1) is 13.7. The Balaban J connectivity index is 2.02. The van der Waals surface area contributed by atoms with Crippen LogP contribution in [0.25, 0.3) is 0 Å². The van der Waals surface area contributed by atoms with Gasteiger partial charge in [0.05, 0.1) is 12.5 Å². The van der Waals surface area contributed by atoms with Crippen LogP contribution in [0, 0.1) is 13.8 Å². The number of urea groups is 1. The summed E-state index contributed by atoms with van der Waals surface area (Å²) >= 11 is 6.15. The molecule has 0 aliphatic heterocycles. The molecular formula is C21H24ClN3O4. The van der Waals surface area contributed by atoms with E-state index in [-0.39, 0.29) is 6.42 Å². The molecule has 0 aliphatic carbocycles. The Bertz CT molecular complexity index is 917. The third kappa shape index (κ3) is 6.50. The molecule has 4 N–H and O–H groups in total. The summed E-state index contributed by atoms with van der Waals surface area (Å²) in [4.78, 5) is 36.1. The number of carbonyl (C=O) groups excluding carboxylic acids is 3. The molecule has 0 aliphatic rings. The van der Waals surface area contributed by atoms with Gasteiger partial charge in [-0.15, -0.1) is 0 Å². The smallest absolute Gasteiger partial charge is 0.312 e. The van der Waals surface area contributed by atoms with E-state index >= 15 is 0 Å². The van der Waals surface area contributed by atoms with Crippen LogP contribution in [-0.4, -0.2) is 24.0 Å². The van der Waals surface area contributed by atoms with E-state index in [1.165, 1.54) is 6.92 Å². The third-order valence-corrected chi connectivity index (χ3v) is 4.63. The molecule has 3 amide bonds. The quantitative estimate of drug-likeness (QED) is 0.597. The van der Waals surface area contributed by atoms with E-state index in [0.29, 0.717) is 16.3 Å². The van der Waals surface area contributed by atoms with Crippen molar-refractivity contribution in [1.29, 1.82) is 0 Å². The largest absolute Gasteiger partial charge is 0.452 e. The van der Waals surface area contributed by atoms with Crippen LogP contribution in [0.2, 0.25) is 5.02 Å². The molecule has 0 aromatic heterocycles. The molecule has 2 aromatic carbocycles. The van der Waals surface area contributed by atoms with Crippen LogP contribution >= 0.6 is 11.6 Å². The molecule has 0 saturated carbocycles. The Hall–Kier alpha value is -3.06. The van der Waals surface area contributed by atoms with Gasteiger partial charge in [0.25, 0.3) is 5.91 Å². The summed E-state index contributed by atoms with van der Waals surface area (Å²) in [5.74, 6) is -1.13. The van der Waals surface area contributed by atoms with Crippen molar-refractivity contribution in [3.8, 4) is 0 Å². The van der Waals surface area contributed by atoms with E-state index in [9.17, 15) is 14.4 Å². The Morgan fingerprint density at radius 3 is 2.45 bits per heavy atom. The Morgan fingerprint density at radius 2 is 1.83 bits per heavy atom. The number of nitrogens with two attached hydrogens (primary N) is 1. The Labute approximate surface area is 174 Å². The number of anilines is 1. The number of halogens is 1. The Morgan fingerprint density at radius 1 is 1.14 bits per heavy atom. The van der Waals surface area contributed by atoms with Crippen molar-refractivity contribution in [2.75, 3.05) is 5.32 Å². The summed E-state index contributed by atoms with van der Waals surface area (Å²) in [5, 5.41) is 5.59. The van der Waals surface area contributed by atoms with Crippen molar-refractivity contribution in [3.63, 3.8) is 0 Å². The molecule has 2 aromatic rings. The van der Waals surface area contributed by atoms with Gasteiger partial charge in [0.15, 0.2) is 6.10 Å². The normalized spacial score (nSPS) is 12.6. The molecule has 0 bridgehead atoms. The van der Waals surface area contributed by atoms with E-state index in [1.54, 1.807) is 30.3 Å². The lowest BCUT2D eigenvalue weighted by atomic mass is 10.0. The number of benzene rings is 2. The molecule has 7 nitrogen and oxygen atoms in total. The number of carbonyl (C=O) groups is 3. The van der Waals surface area contributed by atoms with E-state index in [0.717, 1.165) is 11.1 Å². The van der Waals surface area contributed by atoms with Crippen molar-refractivity contribution in [2.45, 2.75) is 39.3 Å². The molecule has 0 radical (unpaired) electrons. The second-order valence-electron chi connectivity index (χ2n) is 6.73. The monoisotopic (exact) mass is 417 g/mol. The molecule has 2 rings (SSSR count). The van der Waals surface area contributed by atoms with Crippen LogP contribution in [0.3, 0.4) is 0 Å². The highest BCUT2D eigenvalue weighted by Gasteiger charge is 2.24. The van der Waals surface area contributed by atoms with Gasteiger partial charge in [-0.3, -0.25) is 9.59 Å². The predicted molar refractivity (Wildman–Crippen MR) is 112 cm³/mol. The summed E-state index contributed by atoms with van der Waals surface area (Å²) in [7, 11) is 0. The van der Waals surface area contributed by atoms with Crippen molar-refractivity contribution in [1.82, 2.24) is 5.32 Å². The molecule has 154 valence electrons. The molecular weight excluding hydrogens is 394 g/mol. The average molecular weight is 418 g/mol. The van der Waals surface area contributed by atoms with Crippen molar-refractivity contribution >= 4 is 35.2 Å². The zero-order chi connectivity index (χ0) is 21.6. The summed E-state index contributed by atoms with van der Waals surface area (Å²) in [6.45, 7) is 5.31. The van der Waals surface area contributed by atoms with E-state index < -0.39 is 30.1 Å². The van der Waals surface area contributed by atoms with Crippen LogP contribution in [0.15, 0.2) is 42.5 Å². The first-order valence-electron chi connectivity index (χ1n) is 9.05. The number of rotatable bonds is 7. The van der Waals surface area contributed by atoms with Gasteiger partial charge >= 0.3 is 12.0 Å². The van der Waals surface area contributed by atoms with Gasteiger partial charge in [0.1, 0.15) is 0 Å². The van der Waals surface area contributed by atoms with Gasteiger partial charge < -0.3 is 21.1 Å². The topological polar surface area (TPSA) is 111 Å². The van der Waals surface area contributed by atoms with E-state index in [2.05, 4.69) is 10.6 Å². The number of esters is 1. The summed E-state index contributed by atoms with van der Waals surface area (Å²) in [5.41, 5.74) is 8.36. The minimum Gasteiger partial charge on any atom is -0.452 e. The van der Waals surface area contributed by atoms with Gasteiger partial charge in [-0.2, -0.15) is 0 Å². The van der Waals surface area contributed by atoms with Gasteiger partial charge in [-0.25, -0.2) is 4.79 Å². The fraction of sp³-hybridized carbons (Fsp3) is 0.286. The zero-order valence-corrected chi connectivity index (χ0v) is 17.2. The summed E-state index contributed by atoms with van der Waals surface area (Å²) in [6.07, 6.45) is -1.25. The van der Waals surface area contributed by atoms with Crippen molar-refractivity contribution < 1.29 is 19.1 Å². The summed E-state index contributed by atoms with van der Waals surface area (Å²) in [6, 6.07) is 10.8. The molecule has 0 heterocycles. The molecule has 0 unspecified atom stereocenters. The predicted octanol–water partition coefficient (Wildman–Crippen LogP) is 3.63. The van der Waals surface area contributed by atoms with Crippen LogP contribution in [0.5, 0.6) is 0 Å². The lowest BCUT2D eigenvalue weighted by molar-refractivity contribution is -0.153. The van der Waals surface area contributed by atoms with Gasteiger partial charge in [0, 0.05) is 10.7 Å². The molecule has 0 fully saturated rings. The molecule has 8 heteroatoms. The molecule has 2 atom stereocenters. The number of nitrogens with one attached hydrogen (secondary N) is 2. The highest BCUT2D eigenvalue weighted by atomic mass is 35.5. The number of aryl methyl sites for hydroxylation is 2. The third-order valence-electron chi connectivity index (χ3n) is 4.29. The minimum absolute atomic E-state index is 0.228. The number of hydrogen-bond donors (Lipinski definition) is 3. The first-order valence-corrected chi connectivity index (χ1v) is 9.43. The van der Waals surface area contributed by atoms with Crippen LogP contribution < -0.4 is 16.4 Å². The van der Waals surface area contributed by atoms with E-state index in [4.69, 9.17) is 22.1 Å². The molecule has 0 spiro atoms. The first kappa shape index (κ1) is 22.2. The number of amides is 3. The van der Waals surface area contributed by atoms with Gasteiger partial charge in [-0.1, -0.05) is 47.5 Å². The fourth-order valence-electron chi connectivity index (χ4n) is 2.82. The Kier molecular flexibility index (Phi) is 7.61. The number of primary amides is 1. The number of ether oxygens (including phenoxy) is 1.